The number of aromatic nitrogens is 1. The van der Waals surface area contributed by atoms with Gasteiger partial charge in [0.2, 0.25) is 0 Å². The lowest BCUT2D eigenvalue weighted by molar-refractivity contribution is -0.128. The molecule has 0 aliphatic rings. The molecule has 0 aliphatic heterocycles. The number of carbonyl (C=O) groups is 2. The summed E-state index contributed by atoms with van der Waals surface area (Å²) in [6, 6.07) is 12.7. The minimum absolute atomic E-state index is 0.00122. The number of fused-ring (bicyclic) bond motifs is 1. The Morgan fingerprint density at radius 1 is 1.04 bits per heavy atom. The molecule has 2 amide bonds. The van der Waals surface area contributed by atoms with E-state index in [4.69, 9.17) is 4.42 Å². The minimum atomic E-state index is -0.630. The third kappa shape index (κ3) is 4.35. The molecule has 27 heavy (non-hydrogen) atoms. The molecule has 0 unspecified atom stereocenters. The highest BCUT2D eigenvalue weighted by atomic mass is 16.4. The van der Waals surface area contributed by atoms with Gasteiger partial charge in [-0.25, -0.2) is 4.79 Å². The summed E-state index contributed by atoms with van der Waals surface area (Å²) in [5, 5.41) is 3.01. The Kier molecular flexibility index (Phi) is 5.25. The van der Waals surface area contributed by atoms with Crippen molar-refractivity contribution in [1.82, 2.24) is 15.4 Å². The maximum atomic E-state index is 12.0. The number of rotatable bonds is 5. The third-order valence-electron chi connectivity index (χ3n) is 4.04. The van der Waals surface area contributed by atoms with E-state index in [2.05, 4.69) is 16.2 Å². The van der Waals surface area contributed by atoms with Crippen molar-refractivity contribution in [2.24, 2.45) is 0 Å². The quantitative estimate of drug-likeness (QED) is 0.592. The summed E-state index contributed by atoms with van der Waals surface area (Å²) in [5.74, 6) is -1.58. The van der Waals surface area contributed by atoms with Gasteiger partial charge >= 0.3 is 5.76 Å². The lowest BCUT2D eigenvalue weighted by Crippen LogP contribution is -2.46. The highest BCUT2D eigenvalue weighted by Crippen LogP contribution is 2.15. The molecule has 2 aromatic carbocycles. The molecule has 140 valence electrons. The van der Waals surface area contributed by atoms with Crippen LogP contribution in [0.15, 0.2) is 51.7 Å². The van der Waals surface area contributed by atoms with Crippen LogP contribution in [0.4, 0.5) is 5.69 Å². The van der Waals surface area contributed by atoms with Crippen LogP contribution in [0, 0.1) is 13.8 Å². The standard InChI is InChI=1S/C19H20N4O4/c1-12-7-8-14(13(2)9-12)20-10-17(24)21-22-18(25)11-23-15-5-3-4-6-16(15)27-19(23)26/h3-9,20H,10-11H2,1-2H3,(H,21,24)(H,22,25). The van der Waals surface area contributed by atoms with Crippen molar-refractivity contribution in [3.63, 3.8) is 0 Å². The van der Waals surface area contributed by atoms with E-state index in [1.54, 1.807) is 24.3 Å². The second-order valence-corrected chi connectivity index (χ2v) is 6.19. The first kappa shape index (κ1) is 18.2. The van der Waals surface area contributed by atoms with Crippen molar-refractivity contribution < 1.29 is 14.0 Å². The van der Waals surface area contributed by atoms with Crippen LogP contribution in [0.1, 0.15) is 11.1 Å². The van der Waals surface area contributed by atoms with Gasteiger partial charge in [-0.1, -0.05) is 29.8 Å². The lowest BCUT2D eigenvalue weighted by atomic mass is 10.1. The first-order valence-electron chi connectivity index (χ1n) is 8.41. The summed E-state index contributed by atoms with van der Waals surface area (Å²) in [6.07, 6.45) is 0. The van der Waals surface area contributed by atoms with Crippen molar-refractivity contribution in [3.05, 3.63) is 64.1 Å². The number of benzene rings is 2. The molecule has 0 saturated carbocycles. The Bertz CT molecular complexity index is 1050. The maximum absolute atomic E-state index is 12.0. The number of hydrazine groups is 1. The van der Waals surface area contributed by atoms with Crippen LogP contribution in [-0.2, 0) is 16.1 Å². The Labute approximate surface area is 155 Å². The summed E-state index contributed by atoms with van der Waals surface area (Å²) in [5.41, 5.74) is 8.53. The molecule has 0 bridgehead atoms. The van der Waals surface area contributed by atoms with Crippen LogP contribution in [0.3, 0.4) is 0 Å². The van der Waals surface area contributed by atoms with Gasteiger partial charge in [0, 0.05) is 5.69 Å². The fourth-order valence-corrected chi connectivity index (χ4v) is 2.72. The van der Waals surface area contributed by atoms with Crippen LogP contribution in [-0.4, -0.2) is 22.9 Å². The molecular formula is C19H20N4O4. The zero-order valence-electron chi connectivity index (χ0n) is 15.0. The van der Waals surface area contributed by atoms with E-state index in [-0.39, 0.29) is 13.1 Å². The number of hydrogen-bond donors (Lipinski definition) is 3. The Balaban J connectivity index is 1.52. The van der Waals surface area contributed by atoms with Gasteiger partial charge in [-0.15, -0.1) is 0 Å². The van der Waals surface area contributed by atoms with E-state index < -0.39 is 17.6 Å². The molecule has 8 heteroatoms. The molecule has 1 aromatic heterocycles. The van der Waals surface area contributed by atoms with Gasteiger partial charge in [-0.05, 0) is 37.6 Å². The first-order chi connectivity index (χ1) is 12.9. The Morgan fingerprint density at radius 2 is 1.78 bits per heavy atom. The first-order valence-corrected chi connectivity index (χ1v) is 8.41. The van der Waals surface area contributed by atoms with E-state index in [1.165, 1.54) is 4.57 Å². The molecular weight excluding hydrogens is 348 g/mol. The normalized spacial score (nSPS) is 10.6. The van der Waals surface area contributed by atoms with Gasteiger partial charge in [-0.2, -0.15) is 0 Å². The van der Waals surface area contributed by atoms with E-state index in [1.807, 2.05) is 32.0 Å². The molecule has 0 radical (unpaired) electrons. The van der Waals surface area contributed by atoms with Crippen molar-refractivity contribution in [2.75, 3.05) is 11.9 Å². The van der Waals surface area contributed by atoms with E-state index in [9.17, 15) is 14.4 Å². The van der Waals surface area contributed by atoms with Gasteiger partial charge in [0.05, 0.1) is 12.1 Å². The summed E-state index contributed by atoms with van der Waals surface area (Å²) in [6.45, 7) is 3.68. The van der Waals surface area contributed by atoms with Crippen LogP contribution in [0.2, 0.25) is 0 Å². The molecule has 3 N–H and O–H groups in total. The predicted molar refractivity (Wildman–Crippen MR) is 101 cm³/mol. The zero-order chi connectivity index (χ0) is 19.4. The van der Waals surface area contributed by atoms with Gasteiger partial charge in [0.1, 0.15) is 6.54 Å². The molecule has 0 spiro atoms. The predicted octanol–water partition coefficient (Wildman–Crippen LogP) is 1.47. The molecule has 3 aromatic rings. The highest BCUT2D eigenvalue weighted by molar-refractivity contribution is 5.85. The number of nitrogens with one attached hydrogen (secondary N) is 3. The number of anilines is 1. The molecule has 0 atom stereocenters. The van der Waals surface area contributed by atoms with E-state index >= 15 is 0 Å². The lowest BCUT2D eigenvalue weighted by Gasteiger charge is -2.11. The Hall–Kier alpha value is -3.55. The number of amides is 2. The van der Waals surface area contributed by atoms with Crippen LogP contribution in [0.25, 0.3) is 11.1 Å². The minimum Gasteiger partial charge on any atom is -0.408 e. The molecule has 0 fully saturated rings. The van der Waals surface area contributed by atoms with Gasteiger partial charge in [-0.3, -0.25) is 25.0 Å². The van der Waals surface area contributed by atoms with Gasteiger partial charge in [0.15, 0.2) is 5.58 Å². The molecule has 0 saturated heterocycles. The topological polar surface area (TPSA) is 105 Å². The maximum Gasteiger partial charge on any atom is 0.420 e. The van der Waals surface area contributed by atoms with Gasteiger partial charge < -0.3 is 9.73 Å². The number of hydrogen-bond acceptors (Lipinski definition) is 5. The zero-order valence-corrected chi connectivity index (χ0v) is 15.0. The Morgan fingerprint density at radius 3 is 2.56 bits per heavy atom. The van der Waals surface area contributed by atoms with E-state index in [0.29, 0.717) is 11.1 Å². The summed E-state index contributed by atoms with van der Waals surface area (Å²) in [4.78, 5) is 35.8. The monoisotopic (exact) mass is 368 g/mol. The third-order valence-corrected chi connectivity index (χ3v) is 4.04. The number of nitrogens with zero attached hydrogens (tertiary/aromatic N) is 1. The van der Waals surface area contributed by atoms with Crippen LogP contribution < -0.4 is 21.9 Å². The fourth-order valence-electron chi connectivity index (χ4n) is 2.72. The fraction of sp³-hybridized carbons (Fsp3) is 0.211. The summed E-state index contributed by atoms with van der Waals surface area (Å²) >= 11 is 0. The number of oxazole rings is 1. The summed E-state index contributed by atoms with van der Waals surface area (Å²) < 4.78 is 6.26. The summed E-state index contributed by atoms with van der Waals surface area (Å²) in [7, 11) is 0. The van der Waals surface area contributed by atoms with Gasteiger partial charge in [0.25, 0.3) is 11.8 Å². The average molecular weight is 368 g/mol. The average Bonchev–Trinajstić information content (AvgIpc) is 2.95. The van der Waals surface area contributed by atoms with Crippen molar-refractivity contribution in [3.8, 4) is 0 Å². The molecule has 3 rings (SSSR count). The number of aryl methyl sites for hydroxylation is 2. The van der Waals surface area contributed by atoms with Crippen molar-refractivity contribution >= 4 is 28.6 Å². The second kappa shape index (κ2) is 7.77. The van der Waals surface area contributed by atoms with E-state index in [0.717, 1.165) is 16.8 Å². The number of para-hydroxylation sites is 2. The highest BCUT2D eigenvalue weighted by Gasteiger charge is 2.12. The SMILES string of the molecule is Cc1ccc(NCC(=O)NNC(=O)Cn2c(=O)oc3ccccc32)c(C)c1. The smallest absolute Gasteiger partial charge is 0.408 e. The van der Waals surface area contributed by atoms with Crippen LogP contribution in [0.5, 0.6) is 0 Å². The van der Waals surface area contributed by atoms with Crippen molar-refractivity contribution in [2.45, 2.75) is 20.4 Å². The molecule has 0 aliphatic carbocycles. The largest absolute Gasteiger partial charge is 0.420 e. The molecule has 8 nitrogen and oxygen atoms in total. The van der Waals surface area contributed by atoms with Crippen LogP contribution >= 0.6 is 0 Å². The van der Waals surface area contributed by atoms with Crippen molar-refractivity contribution in [1.29, 1.82) is 0 Å². The number of carbonyl (C=O) groups excluding carboxylic acids is 2. The second-order valence-electron chi connectivity index (χ2n) is 6.19. The molecule has 1 heterocycles.